The predicted octanol–water partition coefficient (Wildman–Crippen LogP) is 2.30. The standard InChI is InChI=1S/C9H13BrClN3O/c10-8-6-13-9(14-7-8)12-3-1-4-15-5-2-11/h6-7H,1-5H2,(H,12,13,14). The normalized spacial score (nSPS) is 10.3. The lowest BCUT2D eigenvalue weighted by Gasteiger charge is -2.04. The molecule has 0 aliphatic rings. The van der Waals surface area contributed by atoms with Crippen molar-refractivity contribution in [2.75, 3.05) is 31.0 Å². The van der Waals surface area contributed by atoms with Crippen LogP contribution in [0.15, 0.2) is 16.9 Å². The van der Waals surface area contributed by atoms with E-state index in [4.69, 9.17) is 16.3 Å². The fraction of sp³-hybridized carbons (Fsp3) is 0.556. The summed E-state index contributed by atoms with van der Waals surface area (Å²) >= 11 is 8.73. The first-order valence-corrected chi connectivity index (χ1v) is 6.01. The average Bonchev–Trinajstić information content (AvgIpc) is 2.26. The van der Waals surface area contributed by atoms with Gasteiger partial charge in [-0.1, -0.05) is 0 Å². The second kappa shape index (κ2) is 7.84. The van der Waals surface area contributed by atoms with Gasteiger partial charge in [-0.05, 0) is 22.4 Å². The van der Waals surface area contributed by atoms with Crippen molar-refractivity contribution >= 4 is 33.5 Å². The summed E-state index contributed by atoms with van der Waals surface area (Å²) in [6.07, 6.45) is 4.33. The van der Waals surface area contributed by atoms with Gasteiger partial charge >= 0.3 is 0 Å². The highest BCUT2D eigenvalue weighted by atomic mass is 79.9. The molecule has 1 N–H and O–H groups in total. The Bertz CT molecular complexity index is 271. The highest BCUT2D eigenvalue weighted by molar-refractivity contribution is 9.10. The number of nitrogens with zero attached hydrogens (tertiary/aromatic N) is 2. The molecule has 0 aromatic carbocycles. The van der Waals surface area contributed by atoms with Gasteiger partial charge in [0.15, 0.2) is 0 Å². The molecule has 0 aliphatic heterocycles. The van der Waals surface area contributed by atoms with Gasteiger partial charge in [-0.15, -0.1) is 11.6 Å². The maximum Gasteiger partial charge on any atom is 0.222 e. The summed E-state index contributed by atoms with van der Waals surface area (Å²) in [6.45, 7) is 2.11. The molecule has 1 rings (SSSR count). The lowest BCUT2D eigenvalue weighted by Crippen LogP contribution is -2.08. The number of hydrogen-bond acceptors (Lipinski definition) is 4. The molecule has 0 amide bonds. The van der Waals surface area contributed by atoms with Crippen LogP contribution < -0.4 is 5.32 Å². The number of aromatic nitrogens is 2. The second-order valence-corrected chi connectivity index (χ2v) is 4.10. The Morgan fingerprint density at radius 3 is 2.73 bits per heavy atom. The van der Waals surface area contributed by atoms with Crippen LogP contribution in [-0.4, -0.2) is 35.6 Å². The zero-order valence-corrected chi connectivity index (χ0v) is 10.6. The number of rotatable bonds is 7. The molecule has 0 bridgehead atoms. The lowest BCUT2D eigenvalue weighted by atomic mass is 10.4. The van der Waals surface area contributed by atoms with E-state index in [1.165, 1.54) is 0 Å². The van der Waals surface area contributed by atoms with Gasteiger partial charge in [0.2, 0.25) is 5.95 Å². The molecule has 0 unspecified atom stereocenters. The molecular formula is C9H13BrClN3O. The first-order chi connectivity index (χ1) is 7.33. The van der Waals surface area contributed by atoms with Crippen LogP contribution in [0.1, 0.15) is 6.42 Å². The summed E-state index contributed by atoms with van der Waals surface area (Å²) in [5.41, 5.74) is 0. The number of ether oxygens (including phenoxy) is 1. The smallest absolute Gasteiger partial charge is 0.222 e. The van der Waals surface area contributed by atoms with E-state index in [0.717, 1.165) is 17.4 Å². The van der Waals surface area contributed by atoms with Crippen molar-refractivity contribution in [2.24, 2.45) is 0 Å². The van der Waals surface area contributed by atoms with Crippen molar-refractivity contribution in [1.29, 1.82) is 0 Å². The largest absolute Gasteiger partial charge is 0.380 e. The molecule has 0 spiro atoms. The minimum absolute atomic E-state index is 0.545. The van der Waals surface area contributed by atoms with E-state index in [2.05, 4.69) is 31.2 Å². The number of alkyl halides is 1. The molecule has 84 valence electrons. The van der Waals surface area contributed by atoms with Gasteiger partial charge in [-0.25, -0.2) is 9.97 Å². The van der Waals surface area contributed by atoms with E-state index in [0.29, 0.717) is 25.0 Å². The molecule has 4 nitrogen and oxygen atoms in total. The molecule has 0 radical (unpaired) electrons. The van der Waals surface area contributed by atoms with Gasteiger partial charge in [0.25, 0.3) is 0 Å². The van der Waals surface area contributed by atoms with E-state index < -0.39 is 0 Å². The third-order valence-electron chi connectivity index (χ3n) is 1.59. The number of hydrogen-bond donors (Lipinski definition) is 1. The Labute approximate surface area is 103 Å². The number of anilines is 1. The molecule has 0 atom stereocenters. The summed E-state index contributed by atoms with van der Waals surface area (Å²) < 4.78 is 6.09. The van der Waals surface area contributed by atoms with Crippen LogP contribution in [0.3, 0.4) is 0 Å². The summed E-state index contributed by atoms with van der Waals surface area (Å²) in [7, 11) is 0. The highest BCUT2D eigenvalue weighted by Gasteiger charge is 1.94. The summed E-state index contributed by atoms with van der Waals surface area (Å²) in [5.74, 6) is 1.18. The Morgan fingerprint density at radius 2 is 2.07 bits per heavy atom. The quantitative estimate of drug-likeness (QED) is 0.619. The Kier molecular flexibility index (Phi) is 6.63. The minimum atomic E-state index is 0.545. The molecule has 0 fully saturated rings. The Balaban J connectivity index is 2.07. The summed E-state index contributed by atoms with van der Waals surface area (Å²) in [4.78, 5) is 8.16. The third kappa shape index (κ3) is 5.92. The fourth-order valence-electron chi connectivity index (χ4n) is 0.935. The van der Waals surface area contributed by atoms with Gasteiger partial charge in [0.1, 0.15) is 0 Å². The van der Waals surface area contributed by atoms with Crippen LogP contribution in [0.5, 0.6) is 0 Å². The molecule has 1 aromatic heterocycles. The molecule has 0 saturated carbocycles. The van der Waals surface area contributed by atoms with Crippen molar-refractivity contribution in [1.82, 2.24) is 9.97 Å². The van der Waals surface area contributed by atoms with Crippen LogP contribution in [-0.2, 0) is 4.74 Å². The van der Waals surface area contributed by atoms with Crippen LogP contribution >= 0.6 is 27.5 Å². The molecule has 6 heteroatoms. The van der Waals surface area contributed by atoms with Crippen LogP contribution in [0, 0.1) is 0 Å². The maximum atomic E-state index is 5.46. The molecule has 0 aliphatic carbocycles. The van der Waals surface area contributed by atoms with Crippen LogP contribution in [0.4, 0.5) is 5.95 Å². The number of halogens is 2. The molecule has 15 heavy (non-hydrogen) atoms. The first-order valence-electron chi connectivity index (χ1n) is 4.68. The highest BCUT2D eigenvalue weighted by Crippen LogP contribution is 2.06. The van der Waals surface area contributed by atoms with Gasteiger partial charge in [-0.3, -0.25) is 0 Å². The SMILES string of the molecule is ClCCOCCCNc1ncc(Br)cn1. The zero-order chi connectivity index (χ0) is 10.9. The van der Waals surface area contributed by atoms with Crippen LogP contribution in [0.2, 0.25) is 0 Å². The van der Waals surface area contributed by atoms with Gasteiger partial charge < -0.3 is 10.1 Å². The molecular weight excluding hydrogens is 281 g/mol. The zero-order valence-electron chi connectivity index (χ0n) is 8.25. The van der Waals surface area contributed by atoms with E-state index in [1.807, 2.05) is 0 Å². The Morgan fingerprint density at radius 1 is 1.33 bits per heavy atom. The van der Waals surface area contributed by atoms with Crippen LogP contribution in [0.25, 0.3) is 0 Å². The minimum Gasteiger partial charge on any atom is -0.380 e. The average molecular weight is 295 g/mol. The van der Waals surface area contributed by atoms with Gasteiger partial charge in [0.05, 0.1) is 11.1 Å². The fourth-order valence-corrected chi connectivity index (χ4v) is 1.25. The Hall–Kier alpha value is -0.390. The third-order valence-corrected chi connectivity index (χ3v) is 2.15. The van der Waals surface area contributed by atoms with Crippen molar-refractivity contribution in [3.05, 3.63) is 16.9 Å². The van der Waals surface area contributed by atoms with Crippen molar-refractivity contribution in [2.45, 2.75) is 6.42 Å². The summed E-state index contributed by atoms with van der Waals surface area (Å²) in [5, 5.41) is 3.09. The van der Waals surface area contributed by atoms with E-state index in [-0.39, 0.29) is 0 Å². The van der Waals surface area contributed by atoms with E-state index >= 15 is 0 Å². The van der Waals surface area contributed by atoms with Gasteiger partial charge in [0, 0.05) is 31.4 Å². The lowest BCUT2D eigenvalue weighted by molar-refractivity contribution is 0.149. The van der Waals surface area contributed by atoms with Crippen molar-refractivity contribution in [3.63, 3.8) is 0 Å². The topological polar surface area (TPSA) is 47.0 Å². The molecule has 1 aromatic rings. The monoisotopic (exact) mass is 293 g/mol. The van der Waals surface area contributed by atoms with Crippen molar-refractivity contribution < 1.29 is 4.74 Å². The maximum absolute atomic E-state index is 5.46. The first kappa shape index (κ1) is 12.7. The van der Waals surface area contributed by atoms with E-state index in [1.54, 1.807) is 12.4 Å². The van der Waals surface area contributed by atoms with E-state index in [9.17, 15) is 0 Å². The molecule has 1 heterocycles. The second-order valence-electron chi connectivity index (χ2n) is 2.81. The van der Waals surface area contributed by atoms with Gasteiger partial charge in [-0.2, -0.15) is 0 Å². The number of nitrogens with one attached hydrogen (secondary N) is 1. The predicted molar refractivity (Wildman–Crippen MR) is 64.4 cm³/mol. The summed E-state index contributed by atoms with van der Waals surface area (Å²) in [6, 6.07) is 0. The molecule has 0 saturated heterocycles. The van der Waals surface area contributed by atoms with Crippen molar-refractivity contribution in [3.8, 4) is 0 Å².